The van der Waals surface area contributed by atoms with Gasteiger partial charge in [-0.05, 0) is 69.2 Å². The summed E-state index contributed by atoms with van der Waals surface area (Å²) in [6.07, 6.45) is -0.583. The molecular formula is C18H40N2O3. The number of hydrogen-bond acceptors (Lipinski definition) is 5. The summed E-state index contributed by atoms with van der Waals surface area (Å²) in [5.41, 5.74) is 0.166. The molecule has 2 N–H and O–H groups in total. The Balaban J connectivity index is 3.91. The Morgan fingerprint density at radius 1 is 0.652 bits per heavy atom. The lowest BCUT2D eigenvalue weighted by Gasteiger charge is -2.28. The third-order valence-corrected chi connectivity index (χ3v) is 2.90. The molecule has 0 radical (unpaired) electrons. The fourth-order valence-electron chi connectivity index (χ4n) is 2.47. The van der Waals surface area contributed by atoms with Crippen molar-refractivity contribution < 1.29 is 14.2 Å². The molecule has 0 aliphatic rings. The van der Waals surface area contributed by atoms with Crippen molar-refractivity contribution in [2.45, 2.75) is 105 Å². The molecule has 0 fully saturated rings. The van der Waals surface area contributed by atoms with Crippen molar-refractivity contribution >= 4 is 0 Å². The zero-order valence-corrected chi connectivity index (χ0v) is 16.9. The Morgan fingerprint density at radius 2 is 0.957 bits per heavy atom. The zero-order valence-electron chi connectivity index (χ0n) is 16.9. The predicted octanol–water partition coefficient (Wildman–Crippen LogP) is 3.28. The van der Waals surface area contributed by atoms with Crippen LogP contribution in [0.1, 0.15) is 69.2 Å². The summed E-state index contributed by atoms with van der Waals surface area (Å²) >= 11 is 0. The maximum absolute atomic E-state index is 5.73. The van der Waals surface area contributed by atoms with Crippen LogP contribution < -0.4 is 10.6 Å². The molecule has 5 nitrogen and oxygen atoms in total. The molecule has 0 aromatic carbocycles. The molecule has 0 spiro atoms. The lowest BCUT2D eigenvalue weighted by molar-refractivity contribution is -0.234. The molecule has 0 aliphatic heterocycles. The third-order valence-electron chi connectivity index (χ3n) is 2.90. The highest BCUT2D eigenvalue weighted by atomic mass is 16.8. The first kappa shape index (κ1) is 22.8. The highest BCUT2D eigenvalue weighted by molar-refractivity contribution is 4.75. The largest absolute Gasteiger partial charge is 0.351 e. The molecule has 5 heteroatoms. The maximum Gasteiger partial charge on any atom is 0.158 e. The summed E-state index contributed by atoms with van der Waals surface area (Å²) in [5, 5.41) is 6.94. The van der Waals surface area contributed by atoms with Gasteiger partial charge in [0.25, 0.3) is 0 Å². The van der Waals surface area contributed by atoms with E-state index in [-0.39, 0.29) is 35.7 Å². The van der Waals surface area contributed by atoms with Crippen LogP contribution in [0.4, 0.5) is 0 Å². The van der Waals surface area contributed by atoms with Crippen LogP contribution in [-0.2, 0) is 14.2 Å². The highest BCUT2D eigenvalue weighted by Crippen LogP contribution is 2.07. The second kappa shape index (κ2) is 9.94. The summed E-state index contributed by atoms with van der Waals surface area (Å²) in [6.45, 7) is 22.1. The van der Waals surface area contributed by atoms with Gasteiger partial charge in [-0.1, -0.05) is 0 Å². The van der Waals surface area contributed by atoms with Gasteiger partial charge in [0.05, 0.1) is 13.2 Å². The van der Waals surface area contributed by atoms with Crippen LogP contribution in [0, 0.1) is 0 Å². The maximum atomic E-state index is 5.73. The van der Waals surface area contributed by atoms with Gasteiger partial charge in [0, 0.05) is 23.2 Å². The van der Waals surface area contributed by atoms with Gasteiger partial charge in [-0.3, -0.25) is 0 Å². The normalized spacial score (nSPS) is 18.5. The highest BCUT2D eigenvalue weighted by Gasteiger charge is 2.17. The van der Waals surface area contributed by atoms with Crippen molar-refractivity contribution in [3.63, 3.8) is 0 Å². The Kier molecular flexibility index (Phi) is 9.86. The van der Waals surface area contributed by atoms with Gasteiger partial charge in [0.1, 0.15) is 0 Å². The summed E-state index contributed by atoms with van der Waals surface area (Å²) < 4.78 is 17.2. The van der Waals surface area contributed by atoms with Crippen molar-refractivity contribution in [3.05, 3.63) is 0 Å². The summed E-state index contributed by atoms with van der Waals surface area (Å²) in [5.74, 6) is 0. The summed E-state index contributed by atoms with van der Waals surface area (Å²) in [4.78, 5) is 0. The number of ether oxygens (including phenoxy) is 3. The second-order valence-electron chi connectivity index (χ2n) is 8.53. The van der Waals surface area contributed by atoms with Crippen LogP contribution in [0.15, 0.2) is 0 Å². The van der Waals surface area contributed by atoms with Crippen molar-refractivity contribution in [1.29, 1.82) is 0 Å². The van der Waals surface area contributed by atoms with Crippen molar-refractivity contribution in [2.75, 3.05) is 13.2 Å². The number of hydrogen-bond donors (Lipinski definition) is 2. The Labute approximate surface area is 143 Å². The Bertz CT molecular complexity index is 280. The SMILES string of the molecule is CC(COC(C)OC(C)OCC(C)NC(C)(C)C)NC(C)(C)C. The van der Waals surface area contributed by atoms with Crippen LogP contribution in [0.2, 0.25) is 0 Å². The van der Waals surface area contributed by atoms with Gasteiger partial charge in [0.15, 0.2) is 12.6 Å². The van der Waals surface area contributed by atoms with E-state index in [0.29, 0.717) is 13.2 Å². The average Bonchev–Trinajstić information content (AvgIpc) is 2.29. The van der Waals surface area contributed by atoms with E-state index < -0.39 is 0 Å². The minimum absolute atomic E-state index is 0.0828. The van der Waals surface area contributed by atoms with E-state index in [1.54, 1.807) is 0 Å². The summed E-state index contributed by atoms with van der Waals surface area (Å²) in [6, 6.07) is 0.543. The van der Waals surface area contributed by atoms with Gasteiger partial charge in [-0.2, -0.15) is 0 Å². The molecule has 0 bridgehead atoms. The number of rotatable bonds is 10. The molecule has 0 aromatic rings. The minimum atomic E-state index is -0.292. The quantitative estimate of drug-likeness (QED) is 0.601. The van der Waals surface area contributed by atoms with Crippen LogP contribution in [0.3, 0.4) is 0 Å². The molecule has 23 heavy (non-hydrogen) atoms. The van der Waals surface area contributed by atoms with Crippen molar-refractivity contribution in [1.82, 2.24) is 10.6 Å². The average molecular weight is 333 g/mol. The van der Waals surface area contributed by atoms with E-state index in [1.165, 1.54) is 0 Å². The monoisotopic (exact) mass is 332 g/mol. The first-order chi connectivity index (χ1) is 10.3. The lowest BCUT2D eigenvalue weighted by Crippen LogP contribution is -2.45. The Morgan fingerprint density at radius 3 is 1.22 bits per heavy atom. The predicted molar refractivity (Wildman–Crippen MR) is 96.6 cm³/mol. The minimum Gasteiger partial charge on any atom is -0.351 e. The van der Waals surface area contributed by atoms with Crippen LogP contribution >= 0.6 is 0 Å². The second-order valence-corrected chi connectivity index (χ2v) is 8.53. The molecule has 140 valence electrons. The first-order valence-electron chi connectivity index (χ1n) is 8.72. The van der Waals surface area contributed by atoms with Gasteiger partial charge in [-0.15, -0.1) is 0 Å². The molecule has 4 atom stereocenters. The van der Waals surface area contributed by atoms with E-state index in [2.05, 4.69) is 66.0 Å². The molecule has 0 aliphatic carbocycles. The van der Waals surface area contributed by atoms with E-state index in [9.17, 15) is 0 Å². The van der Waals surface area contributed by atoms with Gasteiger partial charge in [0.2, 0.25) is 0 Å². The molecule has 0 heterocycles. The van der Waals surface area contributed by atoms with Gasteiger partial charge >= 0.3 is 0 Å². The zero-order chi connectivity index (χ0) is 18.3. The molecule has 0 saturated carbocycles. The van der Waals surface area contributed by atoms with E-state index in [0.717, 1.165) is 0 Å². The fraction of sp³-hybridized carbons (Fsp3) is 1.00. The van der Waals surface area contributed by atoms with Crippen LogP contribution in [0.25, 0.3) is 0 Å². The standard InChI is InChI=1S/C18H40N2O3/c1-13(19-17(5,6)7)11-21-15(3)23-16(4)22-12-14(2)20-18(8,9)10/h13-16,19-20H,11-12H2,1-10H3. The molecule has 0 saturated heterocycles. The molecule has 0 amide bonds. The number of nitrogens with one attached hydrogen (secondary N) is 2. The third kappa shape index (κ3) is 15.1. The fourth-order valence-corrected chi connectivity index (χ4v) is 2.47. The first-order valence-corrected chi connectivity index (χ1v) is 8.72. The topological polar surface area (TPSA) is 51.8 Å². The van der Waals surface area contributed by atoms with E-state index in [4.69, 9.17) is 14.2 Å². The molecular weight excluding hydrogens is 292 g/mol. The van der Waals surface area contributed by atoms with Crippen LogP contribution in [-0.4, -0.2) is 49.0 Å². The lowest BCUT2D eigenvalue weighted by atomic mass is 10.1. The van der Waals surface area contributed by atoms with E-state index in [1.807, 2.05) is 13.8 Å². The van der Waals surface area contributed by atoms with E-state index >= 15 is 0 Å². The van der Waals surface area contributed by atoms with Crippen molar-refractivity contribution in [2.24, 2.45) is 0 Å². The summed E-state index contributed by atoms with van der Waals surface area (Å²) in [7, 11) is 0. The van der Waals surface area contributed by atoms with Crippen molar-refractivity contribution in [3.8, 4) is 0 Å². The molecule has 0 rings (SSSR count). The molecule has 0 aromatic heterocycles. The van der Waals surface area contributed by atoms with Crippen LogP contribution in [0.5, 0.6) is 0 Å². The Hall–Kier alpha value is -0.200. The smallest absolute Gasteiger partial charge is 0.158 e. The molecule has 4 unspecified atom stereocenters. The van der Waals surface area contributed by atoms with Gasteiger partial charge < -0.3 is 24.8 Å². The van der Waals surface area contributed by atoms with Gasteiger partial charge in [-0.25, -0.2) is 0 Å².